The van der Waals surface area contributed by atoms with Crippen molar-refractivity contribution in [1.82, 2.24) is 0 Å². The maximum atomic E-state index is 12.3. The van der Waals surface area contributed by atoms with E-state index in [-0.39, 0.29) is 20.5 Å². The van der Waals surface area contributed by atoms with E-state index < -0.39 is 16.0 Å². The number of hydrogen-bond acceptors (Lipinski definition) is 5. The summed E-state index contributed by atoms with van der Waals surface area (Å²) in [6.45, 7) is 0. The Balaban J connectivity index is 2.39. The van der Waals surface area contributed by atoms with E-state index in [1.165, 1.54) is 36.8 Å². The minimum atomic E-state index is -3.96. The van der Waals surface area contributed by atoms with Crippen molar-refractivity contribution in [1.29, 1.82) is 0 Å². The van der Waals surface area contributed by atoms with E-state index in [1.54, 1.807) is 0 Å². The van der Waals surface area contributed by atoms with Gasteiger partial charge in [0.1, 0.15) is 9.77 Å². The monoisotopic (exact) mass is 365 g/mol. The third-order valence-corrected chi connectivity index (χ3v) is 5.44. The minimum absolute atomic E-state index is 0.00455. The predicted molar refractivity (Wildman–Crippen MR) is 82.9 cm³/mol. The fourth-order valence-electron chi connectivity index (χ4n) is 1.52. The minimum Gasteiger partial charge on any atom is -0.465 e. The number of anilines is 1. The smallest absolute Gasteiger partial charge is 0.349 e. The summed E-state index contributed by atoms with van der Waals surface area (Å²) < 4.78 is 31.5. The molecule has 0 aliphatic heterocycles. The van der Waals surface area contributed by atoms with Crippen LogP contribution in [-0.4, -0.2) is 21.5 Å². The van der Waals surface area contributed by atoms with E-state index >= 15 is 0 Å². The number of thiophene rings is 1. The van der Waals surface area contributed by atoms with Crippen LogP contribution in [0.5, 0.6) is 0 Å². The SMILES string of the molecule is COC(=O)c1sccc1S(=O)(=O)Nc1ccc(Cl)cc1Cl. The van der Waals surface area contributed by atoms with E-state index in [0.717, 1.165) is 11.3 Å². The van der Waals surface area contributed by atoms with Crippen molar-refractivity contribution in [3.8, 4) is 0 Å². The lowest BCUT2D eigenvalue weighted by Gasteiger charge is -2.10. The van der Waals surface area contributed by atoms with E-state index in [4.69, 9.17) is 23.2 Å². The fourth-order valence-corrected chi connectivity index (χ4v) is 4.45. The number of sulfonamides is 1. The van der Waals surface area contributed by atoms with Crippen LogP contribution in [0.1, 0.15) is 9.67 Å². The Morgan fingerprint density at radius 3 is 2.62 bits per heavy atom. The molecule has 21 heavy (non-hydrogen) atoms. The molecule has 112 valence electrons. The molecule has 0 bridgehead atoms. The van der Waals surface area contributed by atoms with Gasteiger partial charge in [0.2, 0.25) is 0 Å². The topological polar surface area (TPSA) is 72.5 Å². The summed E-state index contributed by atoms with van der Waals surface area (Å²) in [6, 6.07) is 5.67. The van der Waals surface area contributed by atoms with Gasteiger partial charge in [-0.15, -0.1) is 11.3 Å². The van der Waals surface area contributed by atoms with Gasteiger partial charge in [-0.2, -0.15) is 0 Å². The zero-order valence-electron chi connectivity index (χ0n) is 10.6. The molecule has 0 atom stereocenters. The molecule has 1 heterocycles. The van der Waals surface area contributed by atoms with Crippen LogP contribution in [0.15, 0.2) is 34.5 Å². The zero-order valence-corrected chi connectivity index (χ0v) is 13.7. The van der Waals surface area contributed by atoms with Gasteiger partial charge in [-0.25, -0.2) is 13.2 Å². The molecular weight excluding hydrogens is 357 g/mol. The first kappa shape index (κ1) is 16.1. The van der Waals surface area contributed by atoms with E-state index in [0.29, 0.717) is 5.02 Å². The van der Waals surface area contributed by atoms with Crippen LogP contribution in [-0.2, 0) is 14.8 Å². The number of hydrogen-bond donors (Lipinski definition) is 1. The zero-order chi connectivity index (χ0) is 15.6. The van der Waals surface area contributed by atoms with Gasteiger partial charge in [-0.1, -0.05) is 23.2 Å². The van der Waals surface area contributed by atoms with Gasteiger partial charge in [-0.05, 0) is 29.6 Å². The summed E-state index contributed by atoms with van der Waals surface area (Å²) >= 11 is 12.7. The van der Waals surface area contributed by atoms with Crippen molar-refractivity contribution in [3.05, 3.63) is 44.6 Å². The Labute approximate surface area is 135 Å². The van der Waals surface area contributed by atoms with Crippen molar-refractivity contribution >= 4 is 56.2 Å². The lowest BCUT2D eigenvalue weighted by atomic mass is 10.3. The summed E-state index contributed by atoms with van der Waals surface area (Å²) in [5, 5.41) is 2.03. The van der Waals surface area contributed by atoms with Crippen LogP contribution in [0.3, 0.4) is 0 Å². The van der Waals surface area contributed by atoms with Crippen LogP contribution in [0.2, 0.25) is 10.0 Å². The first-order chi connectivity index (χ1) is 9.85. The highest BCUT2D eigenvalue weighted by molar-refractivity contribution is 7.93. The molecule has 0 amide bonds. The lowest BCUT2D eigenvalue weighted by Crippen LogP contribution is -2.16. The molecule has 9 heteroatoms. The average Bonchev–Trinajstić information content (AvgIpc) is 2.91. The summed E-state index contributed by atoms with van der Waals surface area (Å²) in [5.41, 5.74) is 0.170. The molecule has 1 N–H and O–H groups in total. The van der Waals surface area contributed by atoms with E-state index in [2.05, 4.69) is 9.46 Å². The normalized spacial score (nSPS) is 11.2. The molecule has 0 radical (unpaired) electrons. The number of carbonyl (C=O) groups is 1. The maximum absolute atomic E-state index is 12.3. The summed E-state index contributed by atoms with van der Waals surface area (Å²) in [5.74, 6) is -0.715. The first-order valence-corrected chi connectivity index (χ1v) is 8.60. The van der Waals surface area contributed by atoms with Gasteiger partial charge in [0, 0.05) is 5.02 Å². The van der Waals surface area contributed by atoms with E-state index in [1.807, 2.05) is 0 Å². The molecule has 0 saturated carbocycles. The highest BCUT2D eigenvalue weighted by atomic mass is 35.5. The van der Waals surface area contributed by atoms with Gasteiger partial charge in [0.25, 0.3) is 10.0 Å². The second-order valence-corrected chi connectivity index (χ2v) is 7.25. The first-order valence-electron chi connectivity index (χ1n) is 5.49. The molecule has 0 aliphatic carbocycles. The van der Waals surface area contributed by atoms with Crippen LogP contribution in [0, 0.1) is 0 Å². The van der Waals surface area contributed by atoms with Gasteiger partial charge >= 0.3 is 5.97 Å². The summed E-state index contributed by atoms with van der Waals surface area (Å²) in [6.07, 6.45) is 0. The molecule has 2 aromatic rings. The predicted octanol–water partition coefficient (Wildman–Crippen LogP) is 3.64. The number of carbonyl (C=O) groups excluding carboxylic acids is 1. The molecule has 5 nitrogen and oxygen atoms in total. The molecule has 0 aliphatic rings. The Kier molecular flexibility index (Phi) is 4.77. The number of rotatable bonds is 4. The molecule has 1 aromatic heterocycles. The van der Waals surface area contributed by atoms with Crippen molar-refractivity contribution < 1.29 is 17.9 Å². The van der Waals surface area contributed by atoms with Crippen LogP contribution in [0.25, 0.3) is 0 Å². The second-order valence-electron chi connectivity index (χ2n) is 3.84. The summed E-state index contributed by atoms with van der Waals surface area (Å²) in [4.78, 5) is 11.4. The van der Waals surface area contributed by atoms with Gasteiger partial charge < -0.3 is 4.74 Å². The lowest BCUT2D eigenvalue weighted by molar-refractivity contribution is 0.0602. The molecule has 0 spiro atoms. The van der Waals surface area contributed by atoms with Crippen LogP contribution in [0.4, 0.5) is 5.69 Å². The number of methoxy groups -OCH3 is 1. The number of halogens is 2. The largest absolute Gasteiger partial charge is 0.465 e. The number of ether oxygens (including phenoxy) is 1. The Morgan fingerprint density at radius 2 is 2.00 bits per heavy atom. The Hall–Kier alpha value is -1.28. The highest BCUT2D eigenvalue weighted by Gasteiger charge is 2.25. The standard InChI is InChI=1S/C12H9Cl2NO4S2/c1-19-12(16)11-10(4-5-20-11)21(17,18)15-9-3-2-7(13)6-8(9)14/h2-6,15H,1H3. The third kappa shape index (κ3) is 3.49. The molecule has 0 fully saturated rings. The number of benzene rings is 1. The number of nitrogens with one attached hydrogen (secondary N) is 1. The Morgan fingerprint density at radius 1 is 1.29 bits per heavy atom. The molecule has 0 unspecified atom stereocenters. The van der Waals surface area contributed by atoms with Gasteiger partial charge in [0.05, 0.1) is 17.8 Å². The average molecular weight is 366 g/mol. The van der Waals surface area contributed by atoms with E-state index in [9.17, 15) is 13.2 Å². The highest BCUT2D eigenvalue weighted by Crippen LogP contribution is 2.29. The molecule has 1 aromatic carbocycles. The molecule has 2 rings (SSSR count). The maximum Gasteiger partial charge on any atom is 0.349 e. The quantitative estimate of drug-likeness (QED) is 0.839. The fraction of sp³-hybridized carbons (Fsp3) is 0.0833. The van der Waals surface area contributed by atoms with Crippen molar-refractivity contribution in [2.24, 2.45) is 0 Å². The van der Waals surface area contributed by atoms with Crippen molar-refractivity contribution in [3.63, 3.8) is 0 Å². The van der Waals surface area contributed by atoms with Gasteiger partial charge in [-0.3, -0.25) is 4.72 Å². The van der Waals surface area contributed by atoms with Crippen LogP contribution < -0.4 is 4.72 Å². The summed E-state index contributed by atoms with van der Waals surface area (Å²) in [7, 11) is -2.78. The number of esters is 1. The third-order valence-electron chi connectivity index (χ3n) is 2.46. The Bertz CT molecular complexity index is 786. The second kappa shape index (κ2) is 6.23. The van der Waals surface area contributed by atoms with Crippen LogP contribution >= 0.6 is 34.5 Å². The van der Waals surface area contributed by atoms with Crippen molar-refractivity contribution in [2.45, 2.75) is 4.90 Å². The van der Waals surface area contributed by atoms with Gasteiger partial charge in [0.15, 0.2) is 0 Å². The molecule has 0 saturated heterocycles. The van der Waals surface area contributed by atoms with Crippen molar-refractivity contribution in [2.75, 3.05) is 11.8 Å². The molecular formula is C12H9Cl2NO4S2.